The smallest absolute Gasteiger partial charge is 0.0581 e. The van der Waals surface area contributed by atoms with Crippen molar-refractivity contribution in [2.24, 2.45) is 0 Å². The molecule has 1 aliphatic carbocycles. The molecule has 1 fully saturated rings. The van der Waals surface area contributed by atoms with E-state index < -0.39 is 0 Å². The van der Waals surface area contributed by atoms with Crippen LogP contribution in [0.1, 0.15) is 41.1 Å². The van der Waals surface area contributed by atoms with Crippen LogP contribution in [-0.2, 0) is 0 Å². The highest BCUT2D eigenvalue weighted by molar-refractivity contribution is 5.39. The van der Waals surface area contributed by atoms with E-state index in [1.54, 1.807) is 0 Å². The summed E-state index contributed by atoms with van der Waals surface area (Å²) in [5, 5.41) is 3.78. The molecule has 0 aromatic heterocycles. The van der Waals surface area contributed by atoms with Crippen LogP contribution in [0.15, 0.2) is 48.5 Å². The minimum absolute atomic E-state index is 0.328. The average molecular weight is 251 g/mol. The lowest BCUT2D eigenvalue weighted by atomic mass is 9.94. The molecule has 2 aromatic rings. The van der Waals surface area contributed by atoms with Crippen molar-refractivity contribution in [2.45, 2.75) is 38.8 Å². The van der Waals surface area contributed by atoms with Gasteiger partial charge in [-0.15, -0.1) is 0 Å². The van der Waals surface area contributed by atoms with E-state index in [0.717, 1.165) is 0 Å². The monoisotopic (exact) mass is 251 g/mol. The van der Waals surface area contributed by atoms with Gasteiger partial charge in [-0.1, -0.05) is 54.1 Å². The van der Waals surface area contributed by atoms with Crippen molar-refractivity contribution in [3.63, 3.8) is 0 Å². The van der Waals surface area contributed by atoms with E-state index in [9.17, 15) is 0 Å². The van der Waals surface area contributed by atoms with Gasteiger partial charge in [0.1, 0.15) is 0 Å². The molecule has 1 heteroatoms. The summed E-state index contributed by atoms with van der Waals surface area (Å²) in [6, 6.07) is 18.6. The highest BCUT2D eigenvalue weighted by Crippen LogP contribution is 2.30. The number of nitrogens with one attached hydrogen (secondary N) is 1. The van der Waals surface area contributed by atoms with Crippen LogP contribution in [-0.4, -0.2) is 6.04 Å². The van der Waals surface area contributed by atoms with E-state index >= 15 is 0 Å². The van der Waals surface area contributed by atoms with Crippen LogP contribution in [0.25, 0.3) is 0 Å². The lowest BCUT2D eigenvalue weighted by Gasteiger charge is -2.22. The van der Waals surface area contributed by atoms with E-state index in [1.165, 1.54) is 35.1 Å². The zero-order chi connectivity index (χ0) is 13.2. The molecule has 1 nitrogen and oxygen atoms in total. The largest absolute Gasteiger partial charge is 0.303 e. The van der Waals surface area contributed by atoms with E-state index in [0.29, 0.717) is 12.1 Å². The molecule has 1 saturated carbocycles. The Morgan fingerprint density at radius 2 is 1.74 bits per heavy atom. The van der Waals surface area contributed by atoms with Crippen molar-refractivity contribution in [1.29, 1.82) is 0 Å². The molecular formula is C18H21N. The summed E-state index contributed by atoms with van der Waals surface area (Å²) in [7, 11) is 0. The van der Waals surface area contributed by atoms with Crippen molar-refractivity contribution in [2.75, 3.05) is 0 Å². The van der Waals surface area contributed by atoms with Gasteiger partial charge in [0.15, 0.2) is 0 Å². The van der Waals surface area contributed by atoms with Gasteiger partial charge < -0.3 is 5.32 Å². The second-order valence-corrected chi connectivity index (χ2v) is 5.64. The van der Waals surface area contributed by atoms with Crippen LogP contribution in [0.2, 0.25) is 0 Å². The first-order valence-corrected chi connectivity index (χ1v) is 7.12. The minimum atomic E-state index is 0.328. The molecule has 2 aromatic carbocycles. The molecule has 0 heterocycles. The van der Waals surface area contributed by atoms with E-state index in [-0.39, 0.29) is 0 Å². The highest BCUT2D eigenvalue weighted by atomic mass is 15.0. The summed E-state index contributed by atoms with van der Waals surface area (Å²) in [6.07, 6.45) is 2.63. The number of rotatable bonds is 4. The number of hydrogen-bond donors (Lipinski definition) is 1. The molecular weight excluding hydrogens is 230 g/mol. The van der Waals surface area contributed by atoms with Gasteiger partial charge in [-0.3, -0.25) is 0 Å². The van der Waals surface area contributed by atoms with Gasteiger partial charge in [-0.05, 0) is 43.4 Å². The zero-order valence-corrected chi connectivity index (χ0v) is 11.7. The molecule has 0 saturated heterocycles. The first-order valence-electron chi connectivity index (χ1n) is 7.12. The summed E-state index contributed by atoms with van der Waals surface area (Å²) >= 11 is 0. The Morgan fingerprint density at radius 3 is 2.37 bits per heavy atom. The molecule has 1 unspecified atom stereocenters. The molecule has 0 aliphatic heterocycles. The maximum atomic E-state index is 3.78. The third-order valence-corrected chi connectivity index (χ3v) is 3.85. The third kappa shape index (κ3) is 2.87. The normalized spacial score (nSPS) is 16.3. The third-order valence-electron chi connectivity index (χ3n) is 3.85. The lowest BCUT2D eigenvalue weighted by Crippen LogP contribution is -2.25. The number of hydrogen-bond acceptors (Lipinski definition) is 1. The highest BCUT2D eigenvalue weighted by Gasteiger charge is 2.26. The molecule has 1 aliphatic rings. The Balaban J connectivity index is 1.98. The molecule has 98 valence electrons. The fourth-order valence-corrected chi connectivity index (χ4v) is 2.65. The zero-order valence-electron chi connectivity index (χ0n) is 11.7. The van der Waals surface area contributed by atoms with Crippen LogP contribution in [0.4, 0.5) is 0 Å². The van der Waals surface area contributed by atoms with Crippen LogP contribution in [0.5, 0.6) is 0 Å². The van der Waals surface area contributed by atoms with Crippen molar-refractivity contribution >= 4 is 0 Å². The SMILES string of the molecule is Cc1ccc(C(NC2CC2)c2ccccc2)c(C)c1. The van der Waals surface area contributed by atoms with E-state index in [2.05, 4.69) is 67.7 Å². The Bertz CT molecular complexity index is 555. The van der Waals surface area contributed by atoms with E-state index in [1.807, 2.05) is 0 Å². The second-order valence-electron chi connectivity index (χ2n) is 5.64. The maximum Gasteiger partial charge on any atom is 0.0581 e. The first-order chi connectivity index (χ1) is 9.24. The van der Waals surface area contributed by atoms with Crippen molar-refractivity contribution in [1.82, 2.24) is 5.32 Å². The van der Waals surface area contributed by atoms with Crippen molar-refractivity contribution < 1.29 is 0 Å². The molecule has 1 N–H and O–H groups in total. The van der Waals surface area contributed by atoms with Gasteiger partial charge in [-0.25, -0.2) is 0 Å². The van der Waals surface area contributed by atoms with Crippen LogP contribution in [0.3, 0.4) is 0 Å². The Kier molecular flexibility index (Phi) is 3.39. The van der Waals surface area contributed by atoms with Gasteiger partial charge in [0, 0.05) is 6.04 Å². The predicted octanol–water partition coefficient (Wildman–Crippen LogP) is 4.14. The average Bonchev–Trinajstić information content (AvgIpc) is 3.22. The fourth-order valence-electron chi connectivity index (χ4n) is 2.65. The topological polar surface area (TPSA) is 12.0 Å². The Hall–Kier alpha value is -1.60. The molecule has 19 heavy (non-hydrogen) atoms. The number of aryl methyl sites for hydroxylation is 2. The summed E-state index contributed by atoms with van der Waals surface area (Å²) in [6.45, 7) is 4.37. The van der Waals surface area contributed by atoms with Gasteiger partial charge in [-0.2, -0.15) is 0 Å². The number of benzene rings is 2. The first kappa shape index (κ1) is 12.4. The molecule has 0 amide bonds. The quantitative estimate of drug-likeness (QED) is 0.861. The van der Waals surface area contributed by atoms with Crippen LogP contribution < -0.4 is 5.32 Å². The van der Waals surface area contributed by atoms with Crippen LogP contribution >= 0.6 is 0 Å². The molecule has 3 rings (SSSR count). The van der Waals surface area contributed by atoms with Gasteiger partial charge >= 0.3 is 0 Å². The summed E-state index contributed by atoms with van der Waals surface area (Å²) < 4.78 is 0. The van der Waals surface area contributed by atoms with Gasteiger partial charge in [0.25, 0.3) is 0 Å². The standard InChI is InChI=1S/C18H21N/c1-13-8-11-17(14(2)12-13)18(19-16-9-10-16)15-6-4-3-5-7-15/h3-8,11-12,16,18-19H,9-10H2,1-2H3. The molecule has 0 radical (unpaired) electrons. The molecule has 0 bridgehead atoms. The molecule has 0 spiro atoms. The van der Waals surface area contributed by atoms with Crippen LogP contribution in [0, 0.1) is 13.8 Å². The Morgan fingerprint density at radius 1 is 1.00 bits per heavy atom. The van der Waals surface area contributed by atoms with Gasteiger partial charge in [0.05, 0.1) is 6.04 Å². The minimum Gasteiger partial charge on any atom is -0.303 e. The predicted molar refractivity (Wildman–Crippen MR) is 80.4 cm³/mol. The Labute approximate surface area is 115 Å². The summed E-state index contributed by atoms with van der Waals surface area (Å²) in [5.74, 6) is 0. The molecule has 1 atom stereocenters. The maximum absolute atomic E-state index is 3.78. The summed E-state index contributed by atoms with van der Waals surface area (Å²) in [5.41, 5.74) is 5.48. The second kappa shape index (κ2) is 5.18. The van der Waals surface area contributed by atoms with Crippen molar-refractivity contribution in [3.8, 4) is 0 Å². The van der Waals surface area contributed by atoms with Gasteiger partial charge in [0.2, 0.25) is 0 Å². The van der Waals surface area contributed by atoms with Crippen molar-refractivity contribution in [3.05, 3.63) is 70.8 Å². The summed E-state index contributed by atoms with van der Waals surface area (Å²) in [4.78, 5) is 0. The lowest BCUT2D eigenvalue weighted by molar-refractivity contribution is 0.598. The fraction of sp³-hybridized carbons (Fsp3) is 0.333. The van der Waals surface area contributed by atoms with E-state index in [4.69, 9.17) is 0 Å².